The van der Waals surface area contributed by atoms with Gasteiger partial charge in [0.15, 0.2) is 0 Å². The van der Waals surface area contributed by atoms with Crippen molar-refractivity contribution >= 4 is 11.0 Å². The van der Waals surface area contributed by atoms with Crippen molar-refractivity contribution in [3.05, 3.63) is 65.9 Å². The van der Waals surface area contributed by atoms with Crippen LogP contribution in [0.15, 0.2) is 59.0 Å². The number of nitrogens with two attached hydrogens (primary N) is 1. The van der Waals surface area contributed by atoms with E-state index in [9.17, 15) is 8.78 Å². The molecule has 2 aromatic carbocycles. The van der Waals surface area contributed by atoms with Gasteiger partial charge < -0.3 is 14.9 Å². The zero-order valence-corrected chi connectivity index (χ0v) is 11.0. The largest absolute Gasteiger partial charge is 0.459 e. The van der Waals surface area contributed by atoms with E-state index in [4.69, 9.17) is 10.2 Å². The quantitative estimate of drug-likeness (QED) is 0.787. The Kier molecular flexibility index (Phi) is 3.58. The molecule has 0 aliphatic heterocycles. The van der Waals surface area contributed by atoms with E-state index in [0.717, 1.165) is 5.39 Å². The van der Waals surface area contributed by atoms with Crippen molar-refractivity contribution in [2.75, 3.05) is 0 Å². The van der Waals surface area contributed by atoms with Crippen LogP contribution in [0.4, 0.5) is 8.78 Å². The Balaban J connectivity index is 1.99. The average Bonchev–Trinajstić information content (AvgIpc) is 2.90. The molecule has 108 valence electrons. The van der Waals surface area contributed by atoms with E-state index in [1.807, 2.05) is 24.3 Å². The lowest BCUT2D eigenvalue weighted by Crippen LogP contribution is -2.14. The Bertz CT molecular complexity index is 722. The van der Waals surface area contributed by atoms with Gasteiger partial charge in [0, 0.05) is 10.9 Å². The summed E-state index contributed by atoms with van der Waals surface area (Å²) < 4.78 is 35.1. The number of hydrogen-bond donors (Lipinski definition) is 1. The maximum absolute atomic E-state index is 12.4. The zero-order chi connectivity index (χ0) is 14.8. The predicted octanol–water partition coefficient (Wildman–Crippen LogP) is 4.08. The summed E-state index contributed by atoms with van der Waals surface area (Å²) in [6, 6.07) is 15.0. The van der Waals surface area contributed by atoms with E-state index in [-0.39, 0.29) is 5.75 Å². The van der Waals surface area contributed by atoms with E-state index in [1.165, 1.54) is 6.07 Å². The molecule has 0 amide bonds. The summed E-state index contributed by atoms with van der Waals surface area (Å²) in [6.07, 6.45) is 0. The highest BCUT2D eigenvalue weighted by molar-refractivity contribution is 5.78. The number of hydrogen-bond acceptors (Lipinski definition) is 3. The second-order valence-corrected chi connectivity index (χ2v) is 4.58. The fraction of sp³-hybridized carbons (Fsp3) is 0.125. The number of alkyl halides is 2. The minimum atomic E-state index is -2.89. The van der Waals surface area contributed by atoms with Crippen LogP contribution in [-0.2, 0) is 0 Å². The smallest absolute Gasteiger partial charge is 0.387 e. The Labute approximate surface area is 119 Å². The molecule has 2 N–H and O–H groups in total. The summed E-state index contributed by atoms with van der Waals surface area (Å²) in [5, 5.41) is 0.912. The molecular formula is C16H13F2NO2. The Morgan fingerprint density at radius 3 is 2.48 bits per heavy atom. The number of halogens is 2. The van der Waals surface area contributed by atoms with Crippen LogP contribution < -0.4 is 10.5 Å². The van der Waals surface area contributed by atoms with Crippen LogP contribution in [0.5, 0.6) is 5.75 Å². The van der Waals surface area contributed by atoms with Gasteiger partial charge in [0.2, 0.25) is 0 Å². The van der Waals surface area contributed by atoms with E-state index < -0.39 is 12.7 Å². The maximum atomic E-state index is 12.4. The molecule has 0 bridgehead atoms. The molecule has 3 aromatic rings. The van der Waals surface area contributed by atoms with Crippen LogP contribution in [0, 0.1) is 0 Å². The van der Waals surface area contributed by atoms with Gasteiger partial charge >= 0.3 is 6.61 Å². The zero-order valence-electron chi connectivity index (χ0n) is 11.0. The molecule has 3 rings (SSSR count). The molecule has 0 saturated heterocycles. The van der Waals surface area contributed by atoms with Gasteiger partial charge in [-0.15, -0.1) is 0 Å². The van der Waals surface area contributed by atoms with Crippen molar-refractivity contribution in [2.24, 2.45) is 5.73 Å². The highest BCUT2D eigenvalue weighted by Crippen LogP contribution is 2.32. The Morgan fingerprint density at radius 1 is 1.00 bits per heavy atom. The van der Waals surface area contributed by atoms with Gasteiger partial charge in [-0.25, -0.2) is 0 Å². The molecular weight excluding hydrogens is 276 g/mol. The van der Waals surface area contributed by atoms with Crippen LogP contribution in [0.2, 0.25) is 0 Å². The molecule has 0 aliphatic carbocycles. The average molecular weight is 289 g/mol. The van der Waals surface area contributed by atoms with Crippen molar-refractivity contribution in [1.29, 1.82) is 0 Å². The number of benzene rings is 2. The molecule has 21 heavy (non-hydrogen) atoms. The lowest BCUT2D eigenvalue weighted by atomic mass is 10.0. The summed E-state index contributed by atoms with van der Waals surface area (Å²) in [5.41, 5.74) is 7.30. The van der Waals surface area contributed by atoms with Crippen LogP contribution >= 0.6 is 0 Å². The molecule has 1 aromatic heterocycles. The van der Waals surface area contributed by atoms with Crippen LogP contribution in [0.1, 0.15) is 17.4 Å². The van der Waals surface area contributed by atoms with Crippen molar-refractivity contribution in [3.63, 3.8) is 0 Å². The molecule has 5 heteroatoms. The molecule has 1 unspecified atom stereocenters. The molecule has 0 aliphatic rings. The predicted molar refractivity (Wildman–Crippen MR) is 75.3 cm³/mol. The monoisotopic (exact) mass is 289 g/mol. The fourth-order valence-electron chi connectivity index (χ4n) is 2.25. The molecule has 0 spiro atoms. The first-order valence-electron chi connectivity index (χ1n) is 6.43. The molecule has 3 nitrogen and oxygen atoms in total. The molecule has 0 saturated carbocycles. The van der Waals surface area contributed by atoms with Crippen LogP contribution in [0.25, 0.3) is 11.0 Å². The van der Waals surface area contributed by atoms with Gasteiger partial charge in [-0.1, -0.05) is 36.4 Å². The Hall–Kier alpha value is -2.40. The third kappa shape index (κ3) is 2.73. The highest BCUT2D eigenvalue weighted by atomic mass is 19.3. The van der Waals surface area contributed by atoms with Crippen molar-refractivity contribution in [1.82, 2.24) is 0 Å². The third-order valence-electron chi connectivity index (χ3n) is 3.22. The standard InChI is InChI=1S/C16H13F2NO2/c17-16(18)21-13-8-4-2-6-11(13)15(19)14-9-10-5-1-3-7-12(10)20-14/h1-9,15-16H,19H2. The van der Waals surface area contributed by atoms with Crippen molar-refractivity contribution < 1.29 is 17.9 Å². The van der Waals surface area contributed by atoms with Crippen LogP contribution in [-0.4, -0.2) is 6.61 Å². The van der Waals surface area contributed by atoms with E-state index in [2.05, 4.69) is 4.74 Å². The number of fused-ring (bicyclic) bond motifs is 1. The number of ether oxygens (including phenoxy) is 1. The normalized spacial score (nSPS) is 12.8. The Morgan fingerprint density at radius 2 is 1.71 bits per heavy atom. The SMILES string of the molecule is NC(c1cc2ccccc2o1)c1ccccc1OC(F)F. The minimum absolute atomic E-state index is 0.0560. The van der Waals surface area contributed by atoms with Crippen molar-refractivity contribution in [3.8, 4) is 5.75 Å². The summed E-state index contributed by atoms with van der Waals surface area (Å²) in [5.74, 6) is 0.557. The van der Waals surface area contributed by atoms with Gasteiger partial charge in [-0.3, -0.25) is 0 Å². The number of furan rings is 1. The minimum Gasteiger partial charge on any atom is -0.459 e. The first-order chi connectivity index (χ1) is 10.1. The van der Waals surface area contributed by atoms with E-state index in [1.54, 1.807) is 24.3 Å². The lowest BCUT2D eigenvalue weighted by Gasteiger charge is -2.14. The van der Waals surface area contributed by atoms with E-state index in [0.29, 0.717) is 16.9 Å². The molecule has 0 fully saturated rings. The van der Waals surface area contributed by atoms with Crippen LogP contribution in [0.3, 0.4) is 0 Å². The second-order valence-electron chi connectivity index (χ2n) is 4.58. The highest BCUT2D eigenvalue weighted by Gasteiger charge is 2.19. The summed E-state index contributed by atoms with van der Waals surface area (Å²) >= 11 is 0. The van der Waals surface area contributed by atoms with Gasteiger partial charge in [0.25, 0.3) is 0 Å². The number of rotatable bonds is 4. The topological polar surface area (TPSA) is 48.4 Å². The molecule has 1 heterocycles. The van der Waals surface area contributed by atoms with Gasteiger partial charge in [-0.2, -0.15) is 8.78 Å². The third-order valence-corrected chi connectivity index (χ3v) is 3.22. The van der Waals surface area contributed by atoms with Gasteiger partial charge in [0.1, 0.15) is 17.1 Å². The fourth-order valence-corrected chi connectivity index (χ4v) is 2.25. The van der Waals surface area contributed by atoms with Crippen molar-refractivity contribution in [2.45, 2.75) is 12.7 Å². The maximum Gasteiger partial charge on any atom is 0.387 e. The van der Waals surface area contributed by atoms with Gasteiger partial charge in [-0.05, 0) is 18.2 Å². The summed E-state index contributed by atoms with van der Waals surface area (Å²) in [6.45, 7) is -2.89. The summed E-state index contributed by atoms with van der Waals surface area (Å²) in [7, 11) is 0. The summed E-state index contributed by atoms with van der Waals surface area (Å²) in [4.78, 5) is 0. The van der Waals surface area contributed by atoms with E-state index >= 15 is 0 Å². The first kappa shape index (κ1) is 13.6. The van der Waals surface area contributed by atoms with Gasteiger partial charge in [0.05, 0.1) is 6.04 Å². The number of para-hydroxylation sites is 2. The first-order valence-corrected chi connectivity index (χ1v) is 6.43. The molecule has 0 radical (unpaired) electrons. The molecule has 1 atom stereocenters. The second kappa shape index (κ2) is 5.54. The lowest BCUT2D eigenvalue weighted by molar-refractivity contribution is -0.0505.